The highest BCUT2D eigenvalue weighted by Crippen LogP contribution is 2.26. The third kappa shape index (κ3) is 3.73. The molecule has 0 bridgehead atoms. The van der Waals surface area contributed by atoms with Crippen LogP contribution in [0, 0.1) is 0 Å². The summed E-state index contributed by atoms with van der Waals surface area (Å²) in [6.45, 7) is 0.565. The molecule has 0 spiro atoms. The summed E-state index contributed by atoms with van der Waals surface area (Å²) in [5.41, 5.74) is 2.76. The van der Waals surface area contributed by atoms with E-state index in [1.165, 1.54) is 11.3 Å². The van der Waals surface area contributed by atoms with Gasteiger partial charge >= 0.3 is 0 Å². The number of hydrogen-bond donors (Lipinski definition) is 2. The molecule has 1 unspecified atom stereocenters. The minimum absolute atomic E-state index is 0.143. The lowest BCUT2D eigenvalue weighted by molar-refractivity contribution is -0.131. The van der Waals surface area contributed by atoms with Crippen molar-refractivity contribution in [3.8, 4) is 0 Å². The van der Waals surface area contributed by atoms with Crippen molar-refractivity contribution in [2.24, 2.45) is 5.16 Å². The molecule has 2 aromatic heterocycles. The van der Waals surface area contributed by atoms with E-state index < -0.39 is 6.10 Å². The molecule has 4 rings (SSSR count). The van der Waals surface area contributed by atoms with Crippen molar-refractivity contribution in [3.63, 3.8) is 0 Å². The summed E-state index contributed by atoms with van der Waals surface area (Å²) in [6, 6.07) is 11.6. The number of aromatic amines is 1. The summed E-state index contributed by atoms with van der Waals surface area (Å²) < 4.78 is 0.696. The molecule has 2 N–H and O–H groups in total. The van der Waals surface area contributed by atoms with Crippen LogP contribution < -0.4 is 5.32 Å². The minimum Gasteiger partial charge on any atom is -0.382 e. The highest BCUT2D eigenvalue weighted by atomic mass is 35.5. The van der Waals surface area contributed by atoms with Gasteiger partial charge in [0.05, 0.1) is 20.2 Å². The van der Waals surface area contributed by atoms with E-state index >= 15 is 0 Å². The molecule has 1 aliphatic rings. The molecule has 0 saturated heterocycles. The maximum atomic E-state index is 12.2. The molecular formula is C18H17ClN4O2S. The summed E-state index contributed by atoms with van der Waals surface area (Å²) in [5.74, 6) is 0.786. The Morgan fingerprint density at radius 1 is 1.35 bits per heavy atom. The average molecular weight is 389 g/mol. The monoisotopic (exact) mass is 388 g/mol. The van der Waals surface area contributed by atoms with E-state index in [0.717, 1.165) is 40.3 Å². The normalized spacial score (nSPS) is 16.5. The Morgan fingerprint density at radius 2 is 2.23 bits per heavy atom. The van der Waals surface area contributed by atoms with Crippen LogP contribution in [0.5, 0.6) is 0 Å². The molecule has 3 heterocycles. The molecule has 0 radical (unpaired) electrons. The molecule has 3 aromatic rings. The number of benzene rings is 1. The molecule has 1 amide bonds. The number of halogens is 1. The first-order chi connectivity index (χ1) is 12.7. The van der Waals surface area contributed by atoms with Gasteiger partial charge in [-0.2, -0.15) is 0 Å². The molecule has 0 fully saturated rings. The molecule has 0 aliphatic carbocycles. The van der Waals surface area contributed by atoms with E-state index in [0.29, 0.717) is 17.3 Å². The number of hydrogen-bond acceptors (Lipinski definition) is 5. The number of H-pyrrole nitrogens is 1. The molecule has 6 nitrogen and oxygen atoms in total. The SMILES string of the molecule is O=C(NCCCc1nc2ccccc2[nH]1)C1CC(c2ccc(Cl)s2)=NO1. The number of nitrogens with one attached hydrogen (secondary N) is 2. The number of nitrogens with zero attached hydrogens (tertiary/aromatic N) is 2. The van der Waals surface area contributed by atoms with E-state index in [9.17, 15) is 4.79 Å². The van der Waals surface area contributed by atoms with Gasteiger partial charge in [0.15, 0.2) is 0 Å². The van der Waals surface area contributed by atoms with Crippen molar-refractivity contribution >= 4 is 45.6 Å². The number of carbonyl (C=O) groups excluding carboxylic acids is 1. The van der Waals surface area contributed by atoms with E-state index in [4.69, 9.17) is 16.4 Å². The molecule has 0 saturated carbocycles. The number of carbonyl (C=O) groups is 1. The predicted molar refractivity (Wildman–Crippen MR) is 103 cm³/mol. The Bertz CT molecular complexity index is 932. The number of amides is 1. The van der Waals surface area contributed by atoms with Crippen LogP contribution in [0.1, 0.15) is 23.5 Å². The molecule has 134 valence electrons. The van der Waals surface area contributed by atoms with Crippen LogP contribution in [-0.4, -0.2) is 34.2 Å². The van der Waals surface area contributed by atoms with Crippen LogP contribution in [-0.2, 0) is 16.1 Å². The fourth-order valence-electron chi connectivity index (χ4n) is 2.84. The second kappa shape index (κ2) is 7.47. The van der Waals surface area contributed by atoms with Gasteiger partial charge in [-0.05, 0) is 30.7 Å². The number of thiophene rings is 1. The van der Waals surface area contributed by atoms with Gasteiger partial charge in [0.2, 0.25) is 6.10 Å². The van der Waals surface area contributed by atoms with E-state index in [-0.39, 0.29) is 5.91 Å². The quantitative estimate of drug-likeness (QED) is 0.634. The highest BCUT2D eigenvalue weighted by Gasteiger charge is 2.29. The summed E-state index contributed by atoms with van der Waals surface area (Å²) in [7, 11) is 0. The number of fused-ring (bicyclic) bond motifs is 1. The van der Waals surface area contributed by atoms with Crippen molar-refractivity contribution in [2.75, 3.05) is 6.54 Å². The first-order valence-corrected chi connectivity index (χ1v) is 9.58. The first-order valence-electron chi connectivity index (χ1n) is 8.39. The first kappa shape index (κ1) is 17.1. The van der Waals surface area contributed by atoms with E-state index in [1.54, 1.807) is 0 Å². The number of para-hydroxylation sites is 2. The van der Waals surface area contributed by atoms with Crippen LogP contribution in [0.4, 0.5) is 0 Å². The molecular weight excluding hydrogens is 372 g/mol. The van der Waals surface area contributed by atoms with Crippen molar-refractivity contribution in [3.05, 3.63) is 51.4 Å². The van der Waals surface area contributed by atoms with Crippen LogP contribution in [0.15, 0.2) is 41.6 Å². The van der Waals surface area contributed by atoms with Crippen LogP contribution in [0.3, 0.4) is 0 Å². The van der Waals surface area contributed by atoms with Gasteiger partial charge in [-0.15, -0.1) is 11.3 Å². The fraction of sp³-hybridized carbons (Fsp3) is 0.278. The minimum atomic E-state index is -0.572. The molecule has 1 aromatic carbocycles. The maximum absolute atomic E-state index is 12.2. The second-order valence-electron chi connectivity index (χ2n) is 6.04. The zero-order valence-electron chi connectivity index (χ0n) is 13.9. The zero-order chi connectivity index (χ0) is 17.9. The fourth-order valence-corrected chi connectivity index (χ4v) is 3.87. The number of oxime groups is 1. The lowest BCUT2D eigenvalue weighted by Crippen LogP contribution is -2.35. The Balaban J connectivity index is 1.22. The van der Waals surface area contributed by atoms with E-state index in [2.05, 4.69) is 20.4 Å². The third-order valence-corrected chi connectivity index (χ3v) is 5.43. The van der Waals surface area contributed by atoms with Crippen LogP contribution in [0.2, 0.25) is 4.34 Å². The summed E-state index contributed by atoms with van der Waals surface area (Å²) in [6.07, 6.45) is 1.46. The Kier molecular flexibility index (Phi) is 4.90. The molecule has 1 aliphatic heterocycles. The largest absolute Gasteiger partial charge is 0.382 e. The molecule has 26 heavy (non-hydrogen) atoms. The topological polar surface area (TPSA) is 79.4 Å². The smallest absolute Gasteiger partial charge is 0.264 e. The second-order valence-corrected chi connectivity index (χ2v) is 7.75. The lowest BCUT2D eigenvalue weighted by atomic mass is 10.1. The van der Waals surface area contributed by atoms with Gasteiger partial charge < -0.3 is 15.1 Å². The highest BCUT2D eigenvalue weighted by molar-refractivity contribution is 7.18. The van der Waals surface area contributed by atoms with Crippen molar-refractivity contribution in [1.29, 1.82) is 0 Å². The van der Waals surface area contributed by atoms with Crippen molar-refractivity contribution < 1.29 is 9.63 Å². The average Bonchev–Trinajstić information content (AvgIpc) is 3.36. The molecule has 1 atom stereocenters. The zero-order valence-corrected chi connectivity index (χ0v) is 15.4. The predicted octanol–water partition coefficient (Wildman–Crippen LogP) is 3.52. The standard InChI is InChI=1S/C18H17ClN4O2S/c19-16-8-7-15(26-16)13-10-14(25-23-13)18(24)20-9-3-6-17-21-11-4-1-2-5-12(11)22-17/h1-2,4-5,7-8,14H,3,6,9-10H2,(H,20,24)(H,21,22). The maximum Gasteiger partial charge on any atom is 0.264 e. The van der Waals surface area contributed by atoms with Gasteiger partial charge in [-0.25, -0.2) is 4.98 Å². The van der Waals surface area contributed by atoms with Crippen molar-refractivity contribution in [1.82, 2.24) is 15.3 Å². The third-order valence-electron chi connectivity index (χ3n) is 4.15. The van der Waals surface area contributed by atoms with Crippen LogP contribution >= 0.6 is 22.9 Å². The Hall–Kier alpha value is -2.38. The van der Waals surface area contributed by atoms with E-state index in [1.807, 2.05) is 36.4 Å². The Labute approximate surface area is 159 Å². The number of rotatable bonds is 6. The van der Waals surface area contributed by atoms with Gasteiger partial charge in [-0.3, -0.25) is 4.79 Å². The van der Waals surface area contributed by atoms with Gasteiger partial charge in [0.25, 0.3) is 5.91 Å². The Morgan fingerprint density at radius 3 is 3.04 bits per heavy atom. The number of imidazole rings is 1. The number of aryl methyl sites for hydroxylation is 1. The lowest BCUT2D eigenvalue weighted by Gasteiger charge is -2.08. The summed E-state index contributed by atoms with van der Waals surface area (Å²) in [5, 5.41) is 6.92. The summed E-state index contributed by atoms with van der Waals surface area (Å²) in [4.78, 5) is 26.3. The van der Waals surface area contributed by atoms with Gasteiger partial charge in [0, 0.05) is 19.4 Å². The summed E-state index contributed by atoms with van der Waals surface area (Å²) >= 11 is 7.37. The van der Waals surface area contributed by atoms with Gasteiger partial charge in [0.1, 0.15) is 11.5 Å². The number of aromatic nitrogens is 2. The molecule has 8 heteroatoms. The van der Waals surface area contributed by atoms with Gasteiger partial charge in [-0.1, -0.05) is 28.9 Å². The van der Waals surface area contributed by atoms with Crippen molar-refractivity contribution in [2.45, 2.75) is 25.4 Å². The van der Waals surface area contributed by atoms with Crippen LogP contribution in [0.25, 0.3) is 11.0 Å².